The molecule has 88 valence electrons. The average molecular weight is 282 g/mol. The number of rotatable bonds is 4. The third-order valence-corrected chi connectivity index (χ3v) is 3.87. The largest absolute Gasteiger partial charge is 0.312 e. The molecule has 0 spiro atoms. The highest BCUT2D eigenvalue weighted by Crippen LogP contribution is 2.22. The summed E-state index contributed by atoms with van der Waals surface area (Å²) in [6.45, 7) is 2.18. The first-order chi connectivity index (χ1) is 7.84. The molecule has 0 amide bonds. The first-order valence-corrected chi connectivity index (χ1v) is 7.09. The minimum Gasteiger partial charge on any atom is -0.312 e. The van der Waals surface area contributed by atoms with E-state index in [0.717, 1.165) is 12.5 Å². The summed E-state index contributed by atoms with van der Waals surface area (Å²) in [5.41, 5.74) is 1.37. The Balaban J connectivity index is 1.71. The molecular formula is C14H20BrN. The fourth-order valence-electron chi connectivity index (χ4n) is 2.46. The summed E-state index contributed by atoms with van der Waals surface area (Å²) >= 11 is 3.50. The Labute approximate surface area is 107 Å². The Bertz CT molecular complexity index is 318. The minimum atomic E-state index is 0.918. The van der Waals surface area contributed by atoms with Gasteiger partial charge in [-0.2, -0.15) is 0 Å². The van der Waals surface area contributed by atoms with Crippen molar-refractivity contribution in [2.45, 2.75) is 38.6 Å². The predicted octanol–water partition coefficient (Wildman–Crippen LogP) is 4.12. The molecule has 0 atom stereocenters. The van der Waals surface area contributed by atoms with Gasteiger partial charge < -0.3 is 5.32 Å². The molecule has 1 aromatic carbocycles. The highest BCUT2D eigenvalue weighted by Gasteiger charge is 2.12. The lowest BCUT2D eigenvalue weighted by Gasteiger charge is -2.21. The van der Waals surface area contributed by atoms with Crippen molar-refractivity contribution in [3.05, 3.63) is 34.3 Å². The first-order valence-electron chi connectivity index (χ1n) is 6.30. The molecule has 0 aromatic heterocycles. The van der Waals surface area contributed by atoms with E-state index in [-0.39, 0.29) is 0 Å². The van der Waals surface area contributed by atoms with E-state index in [0.29, 0.717) is 0 Å². The summed E-state index contributed by atoms with van der Waals surface area (Å²) in [4.78, 5) is 0. The van der Waals surface area contributed by atoms with Gasteiger partial charge in [-0.25, -0.2) is 0 Å². The van der Waals surface area contributed by atoms with Gasteiger partial charge in [0.15, 0.2) is 0 Å². The molecule has 1 aliphatic carbocycles. The van der Waals surface area contributed by atoms with Crippen LogP contribution in [0.15, 0.2) is 28.7 Å². The van der Waals surface area contributed by atoms with Crippen molar-refractivity contribution < 1.29 is 0 Å². The third-order valence-electron chi connectivity index (χ3n) is 3.38. The van der Waals surface area contributed by atoms with E-state index in [1.807, 2.05) is 0 Å². The van der Waals surface area contributed by atoms with Crippen molar-refractivity contribution in [2.75, 3.05) is 6.54 Å². The molecule has 1 fully saturated rings. The summed E-state index contributed by atoms with van der Waals surface area (Å²) in [6.07, 6.45) is 7.16. The number of hydrogen-bond donors (Lipinski definition) is 1. The summed E-state index contributed by atoms with van der Waals surface area (Å²) < 4.78 is 1.17. The maximum Gasteiger partial charge on any atom is 0.0206 e. The van der Waals surface area contributed by atoms with Crippen molar-refractivity contribution in [1.82, 2.24) is 5.32 Å². The van der Waals surface area contributed by atoms with E-state index < -0.39 is 0 Å². The van der Waals surface area contributed by atoms with Crippen molar-refractivity contribution in [1.29, 1.82) is 0 Å². The van der Waals surface area contributed by atoms with Crippen LogP contribution in [0.1, 0.15) is 37.7 Å². The van der Waals surface area contributed by atoms with E-state index >= 15 is 0 Å². The van der Waals surface area contributed by atoms with Gasteiger partial charge in [0.25, 0.3) is 0 Å². The van der Waals surface area contributed by atoms with Crippen LogP contribution in [0.25, 0.3) is 0 Å². The number of halogens is 1. The third kappa shape index (κ3) is 3.91. The molecule has 1 N–H and O–H groups in total. The van der Waals surface area contributed by atoms with Crippen LogP contribution < -0.4 is 5.32 Å². The van der Waals surface area contributed by atoms with Crippen LogP contribution in [0.3, 0.4) is 0 Å². The second-order valence-corrected chi connectivity index (χ2v) is 5.68. The molecule has 2 heteroatoms. The van der Waals surface area contributed by atoms with Crippen LogP contribution in [-0.2, 0) is 6.54 Å². The Kier molecular flexibility index (Phi) is 4.86. The van der Waals surface area contributed by atoms with E-state index in [4.69, 9.17) is 0 Å². The van der Waals surface area contributed by atoms with Gasteiger partial charge in [-0.3, -0.25) is 0 Å². The zero-order chi connectivity index (χ0) is 11.2. The molecule has 0 heterocycles. The molecule has 1 saturated carbocycles. The molecule has 0 aliphatic heterocycles. The normalized spacial score (nSPS) is 17.6. The standard InChI is InChI=1S/C14H20BrN/c15-14-8-4-7-13(9-14)11-16-10-12-5-2-1-3-6-12/h4,7-9,12,16H,1-3,5-6,10-11H2. The van der Waals surface area contributed by atoms with Gasteiger partial charge in [0.2, 0.25) is 0 Å². The van der Waals surface area contributed by atoms with Gasteiger partial charge in [0, 0.05) is 11.0 Å². The van der Waals surface area contributed by atoms with Crippen molar-refractivity contribution >= 4 is 15.9 Å². The monoisotopic (exact) mass is 281 g/mol. The summed E-state index contributed by atoms with van der Waals surface area (Å²) in [7, 11) is 0. The maximum absolute atomic E-state index is 3.58. The second-order valence-electron chi connectivity index (χ2n) is 4.76. The van der Waals surface area contributed by atoms with Crippen LogP contribution in [0.4, 0.5) is 0 Å². The zero-order valence-electron chi connectivity index (χ0n) is 9.71. The Morgan fingerprint density at radius 3 is 2.75 bits per heavy atom. The lowest BCUT2D eigenvalue weighted by atomic mass is 9.89. The molecular weight excluding hydrogens is 262 g/mol. The number of hydrogen-bond acceptors (Lipinski definition) is 1. The van der Waals surface area contributed by atoms with E-state index in [1.54, 1.807) is 0 Å². The highest BCUT2D eigenvalue weighted by atomic mass is 79.9. The van der Waals surface area contributed by atoms with Crippen LogP contribution in [-0.4, -0.2) is 6.54 Å². The topological polar surface area (TPSA) is 12.0 Å². The van der Waals surface area contributed by atoms with Gasteiger partial charge in [-0.15, -0.1) is 0 Å². The Morgan fingerprint density at radius 2 is 2.00 bits per heavy atom. The smallest absolute Gasteiger partial charge is 0.0206 e. The molecule has 0 saturated heterocycles. The average Bonchev–Trinajstić information content (AvgIpc) is 2.30. The van der Waals surface area contributed by atoms with E-state index in [1.165, 1.54) is 48.7 Å². The lowest BCUT2D eigenvalue weighted by molar-refractivity contribution is 0.342. The Hall–Kier alpha value is -0.340. The predicted molar refractivity (Wildman–Crippen MR) is 72.4 cm³/mol. The van der Waals surface area contributed by atoms with Gasteiger partial charge in [0.05, 0.1) is 0 Å². The molecule has 0 unspecified atom stereocenters. The summed E-state index contributed by atoms with van der Waals surface area (Å²) in [5, 5.41) is 3.58. The quantitative estimate of drug-likeness (QED) is 0.876. The van der Waals surface area contributed by atoms with Crippen molar-refractivity contribution in [3.8, 4) is 0 Å². The van der Waals surface area contributed by atoms with Crippen molar-refractivity contribution in [3.63, 3.8) is 0 Å². The second kappa shape index (κ2) is 6.41. The molecule has 2 rings (SSSR count). The SMILES string of the molecule is Brc1cccc(CNCC2CCCCC2)c1. The zero-order valence-corrected chi connectivity index (χ0v) is 11.3. The number of nitrogens with one attached hydrogen (secondary N) is 1. The van der Waals surface area contributed by atoms with Crippen LogP contribution in [0.5, 0.6) is 0 Å². The van der Waals surface area contributed by atoms with E-state index in [9.17, 15) is 0 Å². The van der Waals surface area contributed by atoms with Gasteiger partial charge in [-0.1, -0.05) is 47.3 Å². The van der Waals surface area contributed by atoms with Gasteiger partial charge in [0.1, 0.15) is 0 Å². The molecule has 0 bridgehead atoms. The fourth-order valence-corrected chi connectivity index (χ4v) is 2.91. The van der Waals surface area contributed by atoms with Crippen molar-refractivity contribution in [2.24, 2.45) is 5.92 Å². The summed E-state index contributed by atoms with van der Waals surface area (Å²) in [5.74, 6) is 0.918. The number of benzene rings is 1. The fraction of sp³-hybridized carbons (Fsp3) is 0.571. The highest BCUT2D eigenvalue weighted by molar-refractivity contribution is 9.10. The van der Waals surface area contributed by atoms with E-state index in [2.05, 4.69) is 45.5 Å². The molecule has 1 aromatic rings. The molecule has 1 nitrogen and oxygen atoms in total. The lowest BCUT2D eigenvalue weighted by Crippen LogP contribution is -2.24. The Morgan fingerprint density at radius 1 is 1.19 bits per heavy atom. The van der Waals surface area contributed by atoms with Crippen LogP contribution >= 0.6 is 15.9 Å². The maximum atomic E-state index is 3.58. The molecule has 0 radical (unpaired) electrons. The van der Waals surface area contributed by atoms with Gasteiger partial charge in [-0.05, 0) is 43.0 Å². The van der Waals surface area contributed by atoms with Gasteiger partial charge >= 0.3 is 0 Å². The molecule has 1 aliphatic rings. The molecule has 16 heavy (non-hydrogen) atoms. The van der Waals surface area contributed by atoms with Crippen LogP contribution in [0.2, 0.25) is 0 Å². The summed E-state index contributed by atoms with van der Waals surface area (Å²) in [6, 6.07) is 8.54. The van der Waals surface area contributed by atoms with Crippen LogP contribution in [0, 0.1) is 5.92 Å². The first kappa shape index (κ1) is 12.1. The minimum absolute atomic E-state index is 0.918.